The van der Waals surface area contributed by atoms with Gasteiger partial charge in [0.15, 0.2) is 11.5 Å². The van der Waals surface area contributed by atoms with Gasteiger partial charge in [-0.15, -0.1) is 0 Å². The Labute approximate surface area is 96.5 Å². The predicted octanol–water partition coefficient (Wildman–Crippen LogP) is 2.66. The molecule has 0 saturated heterocycles. The maximum Gasteiger partial charge on any atom is 0.268 e. The third-order valence-corrected chi connectivity index (χ3v) is 2.32. The SMILES string of the molecule is COc1cc(C(O)C(F)F)cc(Cl)c1OC. The van der Waals surface area contributed by atoms with E-state index in [1.165, 1.54) is 26.4 Å². The van der Waals surface area contributed by atoms with Crippen LogP contribution < -0.4 is 9.47 Å². The number of hydrogen-bond acceptors (Lipinski definition) is 3. The zero-order chi connectivity index (χ0) is 12.3. The van der Waals surface area contributed by atoms with Gasteiger partial charge in [0, 0.05) is 0 Å². The van der Waals surface area contributed by atoms with E-state index in [1.54, 1.807) is 0 Å². The summed E-state index contributed by atoms with van der Waals surface area (Å²) in [5.41, 5.74) is -0.0161. The molecule has 0 aliphatic rings. The van der Waals surface area contributed by atoms with Crippen molar-refractivity contribution in [1.29, 1.82) is 0 Å². The maximum absolute atomic E-state index is 12.3. The van der Waals surface area contributed by atoms with Crippen LogP contribution in [0.5, 0.6) is 11.5 Å². The summed E-state index contributed by atoms with van der Waals surface area (Å²) in [5, 5.41) is 9.31. The lowest BCUT2D eigenvalue weighted by Crippen LogP contribution is -2.08. The fraction of sp³-hybridized carbons (Fsp3) is 0.400. The van der Waals surface area contributed by atoms with Gasteiger partial charge in [-0.3, -0.25) is 0 Å². The molecule has 1 aromatic rings. The molecule has 0 saturated carbocycles. The van der Waals surface area contributed by atoms with Crippen molar-refractivity contribution in [3.63, 3.8) is 0 Å². The quantitative estimate of drug-likeness (QED) is 0.895. The van der Waals surface area contributed by atoms with Crippen LogP contribution in [-0.2, 0) is 0 Å². The number of hydrogen-bond donors (Lipinski definition) is 1. The Bertz CT molecular complexity index is 371. The molecular formula is C10H11ClF2O3. The van der Waals surface area contributed by atoms with E-state index < -0.39 is 12.5 Å². The second-order valence-electron chi connectivity index (χ2n) is 3.02. The summed E-state index contributed by atoms with van der Waals surface area (Å²) in [5.74, 6) is 0.444. The minimum atomic E-state index is -2.88. The van der Waals surface area contributed by atoms with Crippen molar-refractivity contribution in [1.82, 2.24) is 0 Å². The van der Waals surface area contributed by atoms with Crippen molar-refractivity contribution in [3.8, 4) is 11.5 Å². The fourth-order valence-corrected chi connectivity index (χ4v) is 1.55. The Morgan fingerprint density at radius 1 is 1.25 bits per heavy atom. The van der Waals surface area contributed by atoms with E-state index >= 15 is 0 Å². The van der Waals surface area contributed by atoms with Gasteiger partial charge in [0.1, 0.15) is 6.10 Å². The van der Waals surface area contributed by atoms with Gasteiger partial charge in [-0.2, -0.15) is 0 Å². The van der Waals surface area contributed by atoms with Crippen LogP contribution in [0.3, 0.4) is 0 Å². The third kappa shape index (κ3) is 2.54. The highest BCUT2D eigenvalue weighted by Gasteiger charge is 2.22. The zero-order valence-corrected chi connectivity index (χ0v) is 9.46. The van der Waals surface area contributed by atoms with Gasteiger partial charge < -0.3 is 14.6 Å². The van der Waals surface area contributed by atoms with Crippen LogP contribution in [0, 0.1) is 0 Å². The zero-order valence-electron chi connectivity index (χ0n) is 8.71. The Kier molecular flexibility index (Phi) is 4.32. The first kappa shape index (κ1) is 13.0. The molecular weight excluding hydrogens is 242 g/mol. The highest BCUT2D eigenvalue weighted by molar-refractivity contribution is 6.32. The standard InChI is InChI=1S/C10H11ClF2O3/c1-15-7-4-5(8(14)10(12)13)3-6(11)9(7)16-2/h3-4,8,10,14H,1-2H3. The highest BCUT2D eigenvalue weighted by atomic mass is 35.5. The van der Waals surface area contributed by atoms with Crippen LogP contribution in [0.4, 0.5) is 8.78 Å². The van der Waals surface area contributed by atoms with Gasteiger partial charge in [-0.05, 0) is 17.7 Å². The van der Waals surface area contributed by atoms with Gasteiger partial charge >= 0.3 is 0 Å². The number of halogens is 3. The molecule has 0 aliphatic heterocycles. The molecule has 1 rings (SSSR count). The Morgan fingerprint density at radius 2 is 1.88 bits per heavy atom. The average molecular weight is 253 g/mol. The lowest BCUT2D eigenvalue weighted by Gasteiger charge is -2.14. The second-order valence-corrected chi connectivity index (χ2v) is 3.42. The van der Waals surface area contributed by atoms with E-state index in [1.807, 2.05) is 0 Å². The summed E-state index contributed by atoms with van der Waals surface area (Å²) in [6.45, 7) is 0. The van der Waals surface area contributed by atoms with Crippen molar-refractivity contribution in [3.05, 3.63) is 22.7 Å². The van der Waals surface area contributed by atoms with Crippen molar-refractivity contribution < 1.29 is 23.4 Å². The number of aliphatic hydroxyl groups excluding tert-OH is 1. The first-order valence-electron chi connectivity index (χ1n) is 4.39. The van der Waals surface area contributed by atoms with Crippen molar-refractivity contribution in [2.75, 3.05) is 14.2 Å². The summed E-state index contributed by atoms with van der Waals surface area (Å²) in [6.07, 6.45) is -4.77. The molecule has 16 heavy (non-hydrogen) atoms. The van der Waals surface area contributed by atoms with Crippen LogP contribution in [0.25, 0.3) is 0 Å². The number of alkyl halides is 2. The number of aliphatic hydroxyl groups is 1. The molecule has 0 amide bonds. The van der Waals surface area contributed by atoms with Crippen molar-refractivity contribution >= 4 is 11.6 Å². The maximum atomic E-state index is 12.3. The molecule has 1 atom stereocenters. The Balaban J connectivity index is 3.20. The number of methoxy groups -OCH3 is 2. The first-order valence-corrected chi connectivity index (χ1v) is 4.76. The van der Waals surface area contributed by atoms with E-state index in [2.05, 4.69) is 0 Å². The molecule has 6 heteroatoms. The highest BCUT2D eigenvalue weighted by Crippen LogP contribution is 2.38. The second kappa shape index (κ2) is 5.32. The molecule has 90 valence electrons. The number of ether oxygens (including phenoxy) is 2. The van der Waals surface area contributed by atoms with Crippen molar-refractivity contribution in [2.45, 2.75) is 12.5 Å². The molecule has 3 nitrogen and oxygen atoms in total. The minimum absolute atomic E-state index is 0.0161. The fourth-order valence-electron chi connectivity index (χ4n) is 1.25. The van der Waals surface area contributed by atoms with E-state index in [0.717, 1.165) is 0 Å². The van der Waals surface area contributed by atoms with Crippen LogP contribution in [0.2, 0.25) is 5.02 Å². The summed E-state index contributed by atoms with van der Waals surface area (Å²) < 4.78 is 34.5. The minimum Gasteiger partial charge on any atom is -0.493 e. The van der Waals surface area contributed by atoms with Gasteiger partial charge in [-0.25, -0.2) is 8.78 Å². The molecule has 0 spiro atoms. The first-order chi connectivity index (χ1) is 7.51. The van der Waals surface area contributed by atoms with E-state index in [9.17, 15) is 13.9 Å². The molecule has 1 aromatic carbocycles. The van der Waals surface area contributed by atoms with Gasteiger partial charge in [0.05, 0.1) is 19.2 Å². The molecule has 0 aromatic heterocycles. The summed E-state index contributed by atoms with van der Waals surface area (Å²) in [4.78, 5) is 0. The Hall–Kier alpha value is -1.07. The monoisotopic (exact) mass is 252 g/mol. The molecule has 0 radical (unpaired) electrons. The lowest BCUT2D eigenvalue weighted by molar-refractivity contribution is -0.00589. The van der Waals surface area contributed by atoms with Gasteiger partial charge in [0.25, 0.3) is 6.43 Å². The number of rotatable bonds is 4. The van der Waals surface area contributed by atoms with Crippen LogP contribution >= 0.6 is 11.6 Å². The lowest BCUT2D eigenvalue weighted by atomic mass is 10.1. The van der Waals surface area contributed by atoms with Crippen LogP contribution in [-0.4, -0.2) is 25.8 Å². The molecule has 0 bridgehead atoms. The normalized spacial score (nSPS) is 12.7. The van der Waals surface area contributed by atoms with E-state index in [0.29, 0.717) is 0 Å². The summed E-state index contributed by atoms with van der Waals surface area (Å²) in [7, 11) is 2.74. The topological polar surface area (TPSA) is 38.7 Å². The smallest absolute Gasteiger partial charge is 0.268 e. The van der Waals surface area contributed by atoms with Crippen molar-refractivity contribution in [2.24, 2.45) is 0 Å². The third-order valence-electron chi connectivity index (χ3n) is 2.04. The van der Waals surface area contributed by atoms with E-state index in [4.69, 9.17) is 21.1 Å². The van der Waals surface area contributed by atoms with Gasteiger partial charge in [-0.1, -0.05) is 11.6 Å². The summed E-state index contributed by atoms with van der Waals surface area (Å²) in [6, 6.07) is 2.49. The van der Waals surface area contributed by atoms with Crippen LogP contribution in [0.15, 0.2) is 12.1 Å². The Morgan fingerprint density at radius 3 is 2.31 bits per heavy atom. The number of benzene rings is 1. The van der Waals surface area contributed by atoms with Gasteiger partial charge in [0.2, 0.25) is 0 Å². The molecule has 0 heterocycles. The van der Waals surface area contributed by atoms with Crippen LogP contribution in [0.1, 0.15) is 11.7 Å². The summed E-state index contributed by atoms with van der Waals surface area (Å²) >= 11 is 5.80. The molecule has 0 fully saturated rings. The molecule has 1 N–H and O–H groups in total. The molecule has 0 aliphatic carbocycles. The predicted molar refractivity (Wildman–Crippen MR) is 55.5 cm³/mol. The molecule has 1 unspecified atom stereocenters. The average Bonchev–Trinajstić information content (AvgIpc) is 2.26. The van der Waals surface area contributed by atoms with E-state index in [-0.39, 0.29) is 22.1 Å². The largest absolute Gasteiger partial charge is 0.493 e.